The highest BCUT2D eigenvalue weighted by molar-refractivity contribution is 5.99. The molecule has 0 N–H and O–H groups in total. The Labute approximate surface area is 124 Å². The zero-order valence-electron chi connectivity index (χ0n) is 12.1. The van der Waals surface area contributed by atoms with Crippen molar-refractivity contribution >= 4 is 5.91 Å². The molecular formula is C16H18N4O. The normalized spacial score (nSPS) is 16.0. The Morgan fingerprint density at radius 2 is 1.81 bits per heavy atom. The van der Waals surface area contributed by atoms with Crippen molar-refractivity contribution in [2.75, 3.05) is 33.2 Å². The Hall–Kier alpha value is -2.27. The van der Waals surface area contributed by atoms with E-state index in [1.54, 1.807) is 6.20 Å². The molecule has 0 atom stereocenters. The van der Waals surface area contributed by atoms with Gasteiger partial charge in [-0.05, 0) is 7.05 Å². The van der Waals surface area contributed by atoms with Crippen LogP contribution in [-0.4, -0.2) is 58.9 Å². The van der Waals surface area contributed by atoms with E-state index in [1.165, 1.54) is 6.33 Å². The second-order valence-corrected chi connectivity index (χ2v) is 5.25. The fourth-order valence-electron chi connectivity index (χ4n) is 2.49. The Morgan fingerprint density at radius 1 is 1.10 bits per heavy atom. The van der Waals surface area contributed by atoms with E-state index < -0.39 is 0 Å². The van der Waals surface area contributed by atoms with Gasteiger partial charge < -0.3 is 9.80 Å². The van der Waals surface area contributed by atoms with E-state index in [1.807, 2.05) is 35.2 Å². The molecule has 1 aliphatic rings. The molecule has 1 aromatic carbocycles. The highest BCUT2D eigenvalue weighted by atomic mass is 16.2. The third kappa shape index (κ3) is 2.92. The molecule has 0 saturated carbocycles. The van der Waals surface area contributed by atoms with E-state index in [0.29, 0.717) is 11.3 Å². The lowest BCUT2D eigenvalue weighted by atomic mass is 10.1. The number of aromatic nitrogens is 2. The van der Waals surface area contributed by atoms with E-state index in [0.717, 1.165) is 31.7 Å². The van der Waals surface area contributed by atoms with Crippen LogP contribution >= 0.6 is 0 Å². The van der Waals surface area contributed by atoms with E-state index >= 15 is 0 Å². The molecule has 5 nitrogen and oxygen atoms in total. The third-order valence-electron chi connectivity index (χ3n) is 3.78. The molecule has 21 heavy (non-hydrogen) atoms. The summed E-state index contributed by atoms with van der Waals surface area (Å²) in [4.78, 5) is 25.2. The minimum Gasteiger partial charge on any atom is -0.336 e. The van der Waals surface area contributed by atoms with Crippen molar-refractivity contribution in [1.29, 1.82) is 0 Å². The molecule has 0 spiro atoms. The Balaban J connectivity index is 1.90. The number of rotatable bonds is 2. The molecule has 2 heterocycles. The molecule has 1 fully saturated rings. The second kappa shape index (κ2) is 6.01. The first-order valence-electron chi connectivity index (χ1n) is 7.09. The summed E-state index contributed by atoms with van der Waals surface area (Å²) in [7, 11) is 2.07. The van der Waals surface area contributed by atoms with Crippen LogP contribution in [0.4, 0.5) is 0 Å². The van der Waals surface area contributed by atoms with Crippen LogP contribution in [0.3, 0.4) is 0 Å². The monoisotopic (exact) mass is 282 g/mol. The van der Waals surface area contributed by atoms with Crippen LogP contribution in [0.5, 0.6) is 0 Å². The van der Waals surface area contributed by atoms with Crippen LogP contribution in [0.2, 0.25) is 0 Å². The van der Waals surface area contributed by atoms with Gasteiger partial charge in [0.2, 0.25) is 0 Å². The van der Waals surface area contributed by atoms with E-state index in [9.17, 15) is 4.79 Å². The molecule has 108 valence electrons. The zero-order valence-corrected chi connectivity index (χ0v) is 12.1. The van der Waals surface area contributed by atoms with Gasteiger partial charge >= 0.3 is 0 Å². The van der Waals surface area contributed by atoms with Crippen LogP contribution in [0, 0.1) is 0 Å². The number of amides is 1. The smallest absolute Gasteiger partial charge is 0.257 e. The Kier molecular flexibility index (Phi) is 3.92. The molecule has 2 aromatic rings. The average molecular weight is 282 g/mol. The molecule has 0 bridgehead atoms. The first-order valence-corrected chi connectivity index (χ1v) is 7.09. The van der Waals surface area contributed by atoms with Gasteiger partial charge in [-0.1, -0.05) is 30.3 Å². The Bertz CT molecular complexity index is 621. The maximum absolute atomic E-state index is 12.7. The topological polar surface area (TPSA) is 49.3 Å². The molecule has 3 rings (SSSR count). The molecule has 0 unspecified atom stereocenters. The standard InChI is InChI=1S/C16H18N4O/c1-19-7-9-20(10-8-19)16(21)14-11-17-12-18-15(14)13-5-3-2-4-6-13/h2-6,11-12H,7-10H2,1H3. The van der Waals surface area contributed by atoms with Gasteiger partial charge in [0.05, 0.1) is 11.3 Å². The molecule has 1 aliphatic heterocycles. The molecule has 0 radical (unpaired) electrons. The SMILES string of the molecule is CN1CCN(C(=O)c2cncnc2-c2ccccc2)CC1. The van der Waals surface area contributed by atoms with Gasteiger partial charge in [0.1, 0.15) is 6.33 Å². The lowest BCUT2D eigenvalue weighted by molar-refractivity contribution is 0.0664. The van der Waals surface area contributed by atoms with Gasteiger partial charge in [-0.3, -0.25) is 4.79 Å². The van der Waals surface area contributed by atoms with Crippen LogP contribution in [0.25, 0.3) is 11.3 Å². The summed E-state index contributed by atoms with van der Waals surface area (Å²) in [6.07, 6.45) is 3.11. The Morgan fingerprint density at radius 3 is 2.52 bits per heavy atom. The first kappa shape index (κ1) is 13.7. The maximum atomic E-state index is 12.7. The van der Waals surface area contributed by atoms with Crippen molar-refractivity contribution in [2.24, 2.45) is 0 Å². The lowest BCUT2D eigenvalue weighted by Gasteiger charge is -2.32. The summed E-state index contributed by atoms with van der Waals surface area (Å²) >= 11 is 0. The van der Waals surface area contributed by atoms with E-state index in [4.69, 9.17) is 0 Å². The van der Waals surface area contributed by atoms with Crippen molar-refractivity contribution in [3.63, 3.8) is 0 Å². The largest absolute Gasteiger partial charge is 0.336 e. The fraction of sp³-hybridized carbons (Fsp3) is 0.312. The van der Waals surface area contributed by atoms with Crippen LogP contribution < -0.4 is 0 Å². The van der Waals surface area contributed by atoms with Gasteiger partial charge in [-0.25, -0.2) is 9.97 Å². The van der Waals surface area contributed by atoms with Crippen molar-refractivity contribution in [3.05, 3.63) is 48.4 Å². The molecule has 1 aromatic heterocycles. The predicted molar refractivity (Wildman–Crippen MR) is 80.9 cm³/mol. The number of hydrogen-bond donors (Lipinski definition) is 0. The minimum atomic E-state index is 0.0163. The van der Waals surface area contributed by atoms with Crippen molar-refractivity contribution in [3.8, 4) is 11.3 Å². The highest BCUT2D eigenvalue weighted by Crippen LogP contribution is 2.21. The van der Waals surface area contributed by atoms with Gasteiger partial charge in [0.25, 0.3) is 5.91 Å². The number of nitrogens with zero attached hydrogens (tertiary/aromatic N) is 4. The zero-order chi connectivity index (χ0) is 14.7. The van der Waals surface area contributed by atoms with Crippen LogP contribution in [0.15, 0.2) is 42.9 Å². The maximum Gasteiger partial charge on any atom is 0.257 e. The molecule has 5 heteroatoms. The van der Waals surface area contributed by atoms with E-state index in [-0.39, 0.29) is 5.91 Å². The highest BCUT2D eigenvalue weighted by Gasteiger charge is 2.23. The number of carbonyl (C=O) groups excluding carboxylic acids is 1. The molecule has 1 amide bonds. The van der Waals surface area contributed by atoms with Crippen molar-refractivity contribution < 1.29 is 4.79 Å². The van der Waals surface area contributed by atoms with E-state index in [2.05, 4.69) is 21.9 Å². The number of hydrogen-bond acceptors (Lipinski definition) is 4. The number of benzene rings is 1. The van der Waals surface area contributed by atoms with Gasteiger partial charge in [0, 0.05) is 37.9 Å². The predicted octanol–water partition coefficient (Wildman–Crippen LogP) is 1.53. The summed E-state index contributed by atoms with van der Waals surface area (Å²) in [6.45, 7) is 3.30. The number of likely N-dealkylation sites (N-methyl/N-ethyl adjacent to an activating group) is 1. The lowest BCUT2D eigenvalue weighted by Crippen LogP contribution is -2.47. The van der Waals surface area contributed by atoms with Crippen molar-refractivity contribution in [2.45, 2.75) is 0 Å². The molecule has 1 saturated heterocycles. The molecule has 0 aliphatic carbocycles. The van der Waals surface area contributed by atoms with Crippen molar-refractivity contribution in [1.82, 2.24) is 19.8 Å². The fourth-order valence-corrected chi connectivity index (χ4v) is 2.49. The summed E-state index contributed by atoms with van der Waals surface area (Å²) in [5.41, 5.74) is 2.22. The molecular weight excluding hydrogens is 264 g/mol. The van der Waals surface area contributed by atoms with Gasteiger partial charge in [0.15, 0.2) is 0 Å². The summed E-state index contributed by atoms with van der Waals surface area (Å²) in [5, 5.41) is 0. The average Bonchev–Trinajstić information content (AvgIpc) is 2.56. The second-order valence-electron chi connectivity index (χ2n) is 5.25. The van der Waals surface area contributed by atoms with Gasteiger partial charge in [-0.2, -0.15) is 0 Å². The van der Waals surface area contributed by atoms with Crippen LogP contribution in [-0.2, 0) is 0 Å². The number of carbonyl (C=O) groups is 1. The van der Waals surface area contributed by atoms with Crippen LogP contribution in [0.1, 0.15) is 10.4 Å². The van der Waals surface area contributed by atoms with Gasteiger partial charge in [-0.15, -0.1) is 0 Å². The summed E-state index contributed by atoms with van der Waals surface area (Å²) < 4.78 is 0. The quantitative estimate of drug-likeness (QED) is 0.838. The summed E-state index contributed by atoms with van der Waals surface area (Å²) in [5.74, 6) is 0.0163. The number of piperazine rings is 1. The summed E-state index contributed by atoms with van der Waals surface area (Å²) in [6, 6.07) is 9.77. The minimum absolute atomic E-state index is 0.0163. The first-order chi connectivity index (χ1) is 10.3. The third-order valence-corrected chi connectivity index (χ3v) is 3.78.